The van der Waals surface area contributed by atoms with Crippen LogP contribution >= 0.6 is 11.6 Å². The Morgan fingerprint density at radius 3 is 1.88 bits per heavy atom. The van der Waals surface area contributed by atoms with Crippen LogP contribution in [0.1, 0.15) is 61.3 Å². The first kappa shape index (κ1) is 25.3. The van der Waals surface area contributed by atoms with Crippen molar-refractivity contribution >= 4 is 17.4 Å². The second-order valence-corrected chi connectivity index (χ2v) is 3.71. The fourth-order valence-corrected chi connectivity index (χ4v) is 0.695. The second kappa shape index (κ2) is 24.6. The minimum atomic E-state index is 0. The first-order valence-corrected chi connectivity index (χ1v) is 6.38. The van der Waals surface area contributed by atoms with E-state index in [1.807, 2.05) is 33.8 Å². The Morgan fingerprint density at radius 2 is 1.65 bits per heavy atom. The molecule has 0 bridgehead atoms. The number of halogens is 1. The van der Waals surface area contributed by atoms with E-state index in [1.54, 1.807) is 6.08 Å². The van der Waals surface area contributed by atoms with Crippen LogP contribution in [0.4, 0.5) is 0 Å². The molecule has 1 nitrogen and oxygen atoms in total. The molecule has 0 aromatic carbocycles. The Morgan fingerprint density at radius 1 is 1.29 bits per heavy atom. The van der Waals surface area contributed by atoms with Gasteiger partial charge in [-0.05, 0) is 32.8 Å². The number of ketones is 1. The molecule has 0 N–H and O–H groups in total. The largest absolute Gasteiger partial charge is 0.295 e. The zero-order valence-corrected chi connectivity index (χ0v) is 12.2. The summed E-state index contributed by atoms with van der Waals surface area (Å²) in [5.74, 6) is 1.02. The van der Waals surface area contributed by atoms with Gasteiger partial charge in [0, 0.05) is 12.3 Å². The molecule has 0 aromatic rings. The maximum atomic E-state index is 11.1. The Bertz CT molecular complexity index is 183. The molecule has 0 fully saturated rings. The normalized spacial score (nSPS) is 8.71. The highest BCUT2D eigenvalue weighted by molar-refractivity contribution is 6.17. The lowest BCUT2D eigenvalue weighted by Crippen LogP contribution is -1.97. The Labute approximate surface area is 114 Å². The van der Waals surface area contributed by atoms with E-state index in [9.17, 15) is 4.79 Å². The van der Waals surface area contributed by atoms with Crippen LogP contribution in [-0.2, 0) is 4.79 Å². The minimum absolute atomic E-state index is 0. The van der Waals surface area contributed by atoms with Gasteiger partial charge in [-0.3, -0.25) is 4.79 Å². The Kier molecular flexibility index (Phi) is 36.6. The molecule has 0 spiro atoms. The van der Waals surface area contributed by atoms with E-state index in [1.165, 1.54) is 0 Å². The van der Waals surface area contributed by atoms with Crippen molar-refractivity contribution in [3.8, 4) is 0 Å². The van der Waals surface area contributed by atoms with E-state index < -0.39 is 0 Å². The SMILES string of the molecule is C.C/C=C(/C)C(=O)CCCC.C=CC.CCCl. The average Bonchev–Trinajstić information content (AvgIpc) is 2.27. The molecule has 0 unspecified atom stereocenters. The number of hydrogen-bond donors (Lipinski definition) is 0. The molecule has 0 rings (SSSR count). The summed E-state index contributed by atoms with van der Waals surface area (Å²) in [6, 6.07) is 0. The maximum Gasteiger partial charge on any atom is 0.158 e. The highest BCUT2D eigenvalue weighted by Gasteiger charge is 2.00. The van der Waals surface area contributed by atoms with Gasteiger partial charge in [0.25, 0.3) is 0 Å². The number of allylic oxidation sites excluding steroid dienone is 3. The number of alkyl halides is 1. The van der Waals surface area contributed by atoms with Crippen molar-refractivity contribution in [3.05, 3.63) is 24.3 Å². The minimum Gasteiger partial charge on any atom is -0.295 e. The lowest BCUT2D eigenvalue weighted by atomic mass is 10.1. The van der Waals surface area contributed by atoms with Crippen molar-refractivity contribution in [1.82, 2.24) is 0 Å². The van der Waals surface area contributed by atoms with Gasteiger partial charge in [0.2, 0.25) is 0 Å². The zero-order valence-electron chi connectivity index (χ0n) is 11.5. The van der Waals surface area contributed by atoms with Gasteiger partial charge in [0.05, 0.1) is 0 Å². The molecule has 0 heterocycles. The van der Waals surface area contributed by atoms with Crippen molar-refractivity contribution < 1.29 is 4.79 Å². The van der Waals surface area contributed by atoms with Crippen LogP contribution in [0, 0.1) is 0 Å². The summed E-state index contributed by atoms with van der Waals surface area (Å²) in [5, 5.41) is 0. The van der Waals surface area contributed by atoms with Crippen LogP contribution in [0.2, 0.25) is 0 Å². The molecule has 0 aliphatic carbocycles. The molecule has 0 radical (unpaired) electrons. The Balaban J connectivity index is -0.000000102. The first-order chi connectivity index (χ1) is 7.55. The highest BCUT2D eigenvalue weighted by Crippen LogP contribution is 2.02. The molecule has 17 heavy (non-hydrogen) atoms. The summed E-state index contributed by atoms with van der Waals surface area (Å²) in [7, 11) is 0. The van der Waals surface area contributed by atoms with Gasteiger partial charge in [-0.2, -0.15) is 0 Å². The molecule has 0 aliphatic rings. The molecule has 0 aliphatic heterocycles. The van der Waals surface area contributed by atoms with E-state index in [2.05, 4.69) is 13.5 Å². The van der Waals surface area contributed by atoms with E-state index in [0.29, 0.717) is 12.2 Å². The molecule has 104 valence electrons. The van der Waals surface area contributed by atoms with Crippen LogP contribution in [0.25, 0.3) is 0 Å². The van der Waals surface area contributed by atoms with E-state index in [-0.39, 0.29) is 7.43 Å². The van der Waals surface area contributed by atoms with Gasteiger partial charge < -0.3 is 0 Å². The maximum absolute atomic E-state index is 11.1. The third kappa shape index (κ3) is 31.3. The van der Waals surface area contributed by atoms with Crippen molar-refractivity contribution in [2.45, 2.75) is 61.3 Å². The van der Waals surface area contributed by atoms with Gasteiger partial charge in [0.15, 0.2) is 5.78 Å². The zero-order chi connectivity index (χ0) is 13.4. The fourth-order valence-electron chi connectivity index (χ4n) is 0.695. The molecule has 2 heteroatoms. The van der Waals surface area contributed by atoms with Gasteiger partial charge in [-0.15, -0.1) is 18.2 Å². The third-order valence-corrected chi connectivity index (χ3v) is 1.63. The van der Waals surface area contributed by atoms with Gasteiger partial charge >= 0.3 is 0 Å². The molecule has 0 amide bonds. The topological polar surface area (TPSA) is 17.1 Å². The number of unbranched alkanes of at least 4 members (excludes halogenated alkanes) is 1. The van der Waals surface area contributed by atoms with Gasteiger partial charge in [0.1, 0.15) is 0 Å². The lowest BCUT2D eigenvalue weighted by Gasteiger charge is -1.96. The van der Waals surface area contributed by atoms with E-state index >= 15 is 0 Å². The molecule has 0 aromatic heterocycles. The number of carbonyl (C=O) groups excluding carboxylic acids is 1. The molecule has 0 atom stereocenters. The Hall–Kier alpha value is -0.560. The van der Waals surface area contributed by atoms with Crippen molar-refractivity contribution in [2.75, 3.05) is 5.88 Å². The standard InChI is InChI=1S/C9H16O.C3H6.C2H5Cl.CH4/c1-4-6-7-9(10)8(3)5-2;1-3-2;1-2-3;/h5H,4,6-7H2,1-3H3;3H,1H2,2H3;2H2,1H3;1H4/b8-5-;;;. The summed E-state index contributed by atoms with van der Waals surface area (Å²) in [4.78, 5) is 11.1. The van der Waals surface area contributed by atoms with E-state index in [4.69, 9.17) is 11.6 Å². The number of rotatable bonds is 4. The number of Topliss-reactive ketones (excluding diaryl/α,β-unsaturated/α-hetero) is 1. The second-order valence-electron chi connectivity index (χ2n) is 3.17. The van der Waals surface area contributed by atoms with Crippen molar-refractivity contribution in [1.29, 1.82) is 0 Å². The van der Waals surface area contributed by atoms with E-state index in [0.717, 1.165) is 24.3 Å². The number of carbonyl (C=O) groups is 1. The summed E-state index contributed by atoms with van der Waals surface area (Å²) in [6.07, 6.45) is 6.46. The summed E-state index contributed by atoms with van der Waals surface area (Å²) < 4.78 is 0. The van der Waals surface area contributed by atoms with Crippen molar-refractivity contribution in [2.24, 2.45) is 0 Å². The predicted molar refractivity (Wildman–Crippen MR) is 83.0 cm³/mol. The first-order valence-electron chi connectivity index (χ1n) is 5.84. The molecule has 0 saturated heterocycles. The summed E-state index contributed by atoms with van der Waals surface area (Å²) in [6.45, 7) is 13.0. The smallest absolute Gasteiger partial charge is 0.158 e. The van der Waals surface area contributed by atoms with Crippen LogP contribution in [0.15, 0.2) is 24.3 Å². The summed E-state index contributed by atoms with van der Waals surface area (Å²) in [5.41, 5.74) is 0.897. The van der Waals surface area contributed by atoms with Crippen LogP contribution < -0.4 is 0 Å². The average molecular weight is 263 g/mol. The monoisotopic (exact) mass is 262 g/mol. The van der Waals surface area contributed by atoms with Crippen LogP contribution in [0.5, 0.6) is 0 Å². The highest BCUT2D eigenvalue weighted by atomic mass is 35.5. The molecular weight excluding hydrogens is 232 g/mol. The third-order valence-electron chi connectivity index (χ3n) is 1.63. The van der Waals surface area contributed by atoms with Crippen LogP contribution in [-0.4, -0.2) is 11.7 Å². The predicted octanol–water partition coefficient (Wildman–Crippen LogP) is 5.79. The molecule has 0 saturated carbocycles. The van der Waals surface area contributed by atoms with Crippen molar-refractivity contribution in [3.63, 3.8) is 0 Å². The lowest BCUT2D eigenvalue weighted by molar-refractivity contribution is -0.115. The summed E-state index contributed by atoms with van der Waals surface area (Å²) >= 11 is 5.00. The van der Waals surface area contributed by atoms with Crippen LogP contribution in [0.3, 0.4) is 0 Å². The van der Waals surface area contributed by atoms with Gasteiger partial charge in [-0.1, -0.05) is 39.8 Å². The fraction of sp³-hybridized carbons (Fsp3) is 0.667. The quantitative estimate of drug-likeness (QED) is 0.356. The molecular formula is C15H31ClO. The number of hydrogen-bond acceptors (Lipinski definition) is 1. The van der Waals surface area contributed by atoms with Gasteiger partial charge in [-0.25, -0.2) is 0 Å².